The van der Waals surface area contributed by atoms with Gasteiger partial charge in [0.15, 0.2) is 0 Å². The van der Waals surface area contributed by atoms with Crippen molar-refractivity contribution in [3.63, 3.8) is 0 Å². The lowest BCUT2D eigenvalue weighted by molar-refractivity contribution is -0.144. The van der Waals surface area contributed by atoms with E-state index in [0.29, 0.717) is 11.5 Å². The van der Waals surface area contributed by atoms with E-state index in [1.807, 2.05) is 18.2 Å². The van der Waals surface area contributed by atoms with Gasteiger partial charge in [0, 0.05) is 0 Å². The van der Waals surface area contributed by atoms with Crippen LogP contribution in [0.2, 0.25) is 0 Å². The number of hydrogen-bond acceptors (Lipinski definition) is 4. The number of methoxy groups -OCH3 is 1. The largest absolute Gasteiger partial charge is 0.469 e. The zero-order chi connectivity index (χ0) is 13.7. The van der Waals surface area contributed by atoms with E-state index in [9.17, 15) is 15.0 Å². The fourth-order valence-corrected chi connectivity index (χ4v) is 1.69. The maximum absolute atomic E-state index is 11.0. The second-order valence-electron chi connectivity index (χ2n) is 4.62. The molecule has 0 bridgehead atoms. The highest BCUT2D eigenvalue weighted by Gasteiger charge is 2.22. The summed E-state index contributed by atoms with van der Waals surface area (Å²) in [5.74, 6) is -0.198. The molecule has 0 saturated heterocycles. The monoisotopic (exact) mass is 252 g/mol. The molecule has 4 nitrogen and oxygen atoms in total. The summed E-state index contributed by atoms with van der Waals surface area (Å²) in [5, 5.41) is 19.7. The highest BCUT2D eigenvalue weighted by molar-refractivity contribution is 5.69. The molecule has 0 aromatic heterocycles. The molecule has 0 aliphatic carbocycles. The highest BCUT2D eigenvalue weighted by atomic mass is 16.5. The number of benzene rings is 1. The van der Waals surface area contributed by atoms with Gasteiger partial charge in [-0.15, -0.1) is 0 Å². The molecule has 0 heterocycles. The van der Waals surface area contributed by atoms with Gasteiger partial charge in [-0.1, -0.05) is 38.1 Å². The predicted molar refractivity (Wildman–Crippen MR) is 68.1 cm³/mol. The molecule has 4 heteroatoms. The summed E-state index contributed by atoms with van der Waals surface area (Å²) >= 11 is 0. The first-order chi connectivity index (χ1) is 8.45. The zero-order valence-electron chi connectivity index (χ0n) is 11.0. The minimum atomic E-state index is -1.15. The van der Waals surface area contributed by atoms with E-state index in [2.05, 4.69) is 18.6 Å². The van der Waals surface area contributed by atoms with Gasteiger partial charge in [-0.25, -0.2) is 0 Å². The van der Waals surface area contributed by atoms with E-state index >= 15 is 0 Å². The Balaban J connectivity index is 2.79. The highest BCUT2D eigenvalue weighted by Crippen LogP contribution is 2.23. The first-order valence-corrected chi connectivity index (χ1v) is 5.98. The lowest BCUT2D eigenvalue weighted by Crippen LogP contribution is -2.22. The molecule has 1 aromatic carbocycles. The summed E-state index contributed by atoms with van der Waals surface area (Å²) in [7, 11) is 1.25. The van der Waals surface area contributed by atoms with Gasteiger partial charge in [-0.05, 0) is 17.0 Å². The fourth-order valence-electron chi connectivity index (χ4n) is 1.69. The van der Waals surface area contributed by atoms with Crippen LogP contribution >= 0.6 is 0 Å². The molecule has 2 N–H and O–H groups in total. The lowest BCUT2D eigenvalue weighted by atomic mass is 9.96. The van der Waals surface area contributed by atoms with Gasteiger partial charge in [-0.2, -0.15) is 0 Å². The molecule has 0 aliphatic rings. The average Bonchev–Trinajstić information content (AvgIpc) is 2.37. The van der Waals surface area contributed by atoms with Crippen LogP contribution in [-0.4, -0.2) is 29.4 Å². The van der Waals surface area contributed by atoms with Crippen LogP contribution in [0.25, 0.3) is 0 Å². The Morgan fingerprint density at radius 3 is 2.44 bits per heavy atom. The van der Waals surface area contributed by atoms with Crippen molar-refractivity contribution in [3.8, 4) is 0 Å². The van der Waals surface area contributed by atoms with Crippen molar-refractivity contribution < 1.29 is 19.7 Å². The van der Waals surface area contributed by atoms with Crippen LogP contribution in [0.4, 0.5) is 0 Å². The zero-order valence-corrected chi connectivity index (χ0v) is 11.0. The van der Waals surface area contributed by atoms with Gasteiger partial charge < -0.3 is 14.9 Å². The molecule has 0 fully saturated rings. The first kappa shape index (κ1) is 14.7. The quantitative estimate of drug-likeness (QED) is 0.784. The number of aliphatic hydroxyl groups excluding tert-OH is 2. The molecule has 1 aromatic rings. The number of carbonyl (C=O) groups is 1. The van der Waals surface area contributed by atoms with Crippen LogP contribution in [0, 0.1) is 0 Å². The molecular formula is C14H20O4. The molecular weight excluding hydrogens is 232 g/mol. The lowest BCUT2D eigenvalue weighted by Gasteiger charge is -2.18. The van der Waals surface area contributed by atoms with Crippen LogP contribution in [0.15, 0.2) is 24.3 Å². The molecule has 1 rings (SSSR count). The third kappa shape index (κ3) is 3.82. The third-order valence-electron chi connectivity index (χ3n) is 2.89. The Hall–Kier alpha value is -1.39. The number of aliphatic hydroxyl groups is 2. The van der Waals surface area contributed by atoms with E-state index in [4.69, 9.17) is 0 Å². The topological polar surface area (TPSA) is 66.8 Å². The summed E-state index contributed by atoms with van der Waals surface area (Å²) in [5.41, 5.74) is 1.69. The normalized spacial score (nSPS) is 14.3. The van der Waals surface area contributed by atoms with Gasteiger partial charge >= 0.3 is 5.97 Å². The molecule has 0 radical (unpaired) electrons. The van der Waals surface area contributed by atoms with Crippen molar-refractivity contribution in [3.05, 3.63) is 35.4 Å². The minimum absolute atomic E-state index is 0.219. The molecule has 2 unspecified atom stereocenters. The standard InChI is InChI=1S/C14H20O4/c1-9(2)10-5-4-6-11(7-10)14(17)12(15)8-13(16)18-3/h4-7,9,12,14-15,17H,8H2,1-3H3. The Morgan fingerprint density at radius 2 is 1.89 bits per heavy atom. The van der Waals surface area contributed by atoms with Crippen molar-refractivity contribution in [2.75, 3.05) is 7.11 Å². The minimum Gasteiger partial charge on any atom is -0.469 e. The van der Waals surface area contributed by atoms with Crippen LogP contribution in [0.5, 0.6) is 0 Å². The van der Waals surface area contributed by atoms with Crippen LogP contribution < -0.4 is 0 Å². The van der Waals surface area contributed by atoms with Gasteiger partial charge in [0.05, 0.1) is 19.6 Å². The smallest absolute Gasteiger partial charge is 0.308 e. The number of hydrogen-bond donors (Lipinski definition) is 2. The van der Waals surface area contributed by atoms with Crippen LogP contribution in [-0.2, 0) is 9.53 Å². The van der Waals surface area contributed by atoms with Crippen LogP contribution in [0.1, 0.15) is 43.4 Å². The van der Waals surface area contributed by atoms with Gasteiger partial charge in [-0.3, -0.25) is 4.79 Å². The fraction of sp³-hybridized carbons (Fsp3) is 0.500. The predicted octanol–water partition coefficient (Wildman–Crippen LogP) is 1.77. The molecule has 2 atom stereocenters. The molecule has 18 heavy (non-hydrogen) atoms. The average molecular weight is 252 g/mol. The second kappa shape index (κ2) is 6.52. The van der Waals surface area contributed by atoms with E-state index in [1.54, 1.807) is 6.07 Å². The maximum Gasteiger partial charge on any atom is 0.308 e. The number of esters is 1. The SMILES string of the molecule is COC(=O)CC(O)C(O)c1cccc(C(C)C)c1. The Labute approximate surface area is 107 Å². The summed E-state index contributed by atoms with van der Waals surface area (Å²) in [6.07, 6.45) is -2.45. The van der Waals surface area contributed by atoms with Gasteiger partial charge in [0.1, 0.15) is 6.10 Å². The number of ether oxygens (including phenoxy) is 1. The van der Waals surface area contributed by atoms with Crippen molar-refractivity contribution in [2.24, 2.45) is 0 Å². The third-order valence-corrected chi connectivity index (χ3v) is 2.89. The number of rotatable bonds is 5. The van der Waals surface area contributed by atoms with Gasteiger partial charge in [0.25, 0.3) is 0 Å². The summed E-state index contributed by atoms with van der Waals surface area (Å²) in [6, 6.07) is 7.37. The molecule has 0 amide bonds. The second-order valence-corrected chi connectivity index (χ2v) is 4.62. The Bertz CT molecular complexity index is 401. The van der Waals surface area contributed by atoms with Crippen molar-refractivity contribution in [2.45, 2.75) is 38.4 Å². The first-order valence-electron chi connectivity index (χ1n) is 5.98. The van der Waals surface area contributed by atoms with E-state index < -0.39 is 18.2 Å². The van der Waals surface area contributed by atoms with E-state index in [1.165, 1.54) is 7.11 Å². The van der Waals surface area contributed by atoms with E-state index in [-0.39, 0.29) is 6.42 Å². The number of carbonyl (C=O) groups excluding carboxylic acids is 1. The molecule has 100 valence electrons. The van der Waals surface area contributed by atoms with Crippen molar-refractivity contribution in [1.82, 2.24) is 0 Å². The summed E-state index contributed by atoms with van der Waals surface area (Å²) < 4.78 is 4.46. The van der Waals surface area contributed by atoms with Crippen LogP contribution in [0.3, 0.4) is 0 Å². The Morgan fingerprint density at radius 1 is 1.28 bits per heavy atom. The molecule has 0 aliphatic heterocycles. The Kier molecular flexibility index (Phi) is 5.31. The molecule has 0 spiro atoms. The van der Waals surface area contributed by atoms with Gasteiger partial charge in [0.2, 0.25) is 0 Å². The van der Waals surface area contributed by atoms with Crippen molar-refractivity contribution >= 4 is 5.97 Å². The maximum atomic E-state index is 11.0. The summed E-state index contributed by atoms with van der Waals surface area (Å²) in [6.45, 7) is 4.10. The van der Waals surface area contributed by atoms with E-state index in [0.717, 1.165) is 5.56 Å². The summed E-state index contributed by atoms with van der Waals surface area (Å²) in [4.78, 5) is 11.0. The van der Waals surface area contributed by atoms with Crippen molar-refractivity contribution in [1.29, 1.82) is 0 Å². The molecule has 0 saturated carbocycles.